The molecule has 0 radical (unpaired) electrons. The second kappa shape index (κ2) is 6.02. The highest BCUT2D eigenvalue weighted by atomic mass is 16.4. The second-order valence-corrected chi connectivity index (χ2v) is 3.72. The highest BCUT2D eigenvalue weighted by molar-refractivity contribution is 5.72. The average molecular weight is 218 g/mol. The fourth-order valence-electron chi connectivity index (χ4n) is 1.66. The number of aliphatic carboxylic acids is 1. The molecule has 1 unspecified atom stereocenters. The van der Waals surface area contributed by atoms with Gasteiger partial charge in [-0.05, 0) is 0 Å². The normalized spacial score (nSPS) is 21.5. The van der Waals surface area contributed by atoms with Gasteiger partial charge in [0.2, 0.25) is 0 Å². The molecular weight excluding hydrogens is 200 g/mol. The molecule has 0 aromatic carbocycles. The minimum absolute atomic E-state index is 0.151. The van der Waals surface area contributed by atoms with Crippen LogP contribution in [0.5, 0.6) is 0 Å². The summed E-state index contributed by atoms with van der Waals surface area (Å²) in [5, 5.41) is 26.4. The predicted molar refractivity (Wildman–Crippen MR) is 53.6 cm³/mol. The molecule has 1 heterocycles. The van der Waals surface area contributed by atoms with Gasteiger partial charge in [0, 0.05) is 39.3 Å². The lowest BCUT2D eigenvalue weighted by molar-refractivity contribution is -0.147. The number of β-amino-alcohol motifs (C(OH)–C–C–N with tert-alkyl or cyclic N) is 2. The molecule has 6 nitrogen and oxygen atoms in total. The van der Waals surface area contributed by atoms with Crippen molar-refractivity contribution in [2.24, 2.45) is 0 Å². The first-order valence-corrected chi connectivity index (χ1v) is 5.10. The van der Waals surface area contributed by atoms with Gasteiger partial charge in [-0.1, -0.05) is 0 Å². The maximum atomic E-state index is 10.4. The SMILES string of the molecule is O=C(O)C(O)CN1CCN(CCO)CC1. The predicted octanol–water partition coefficient (Wildman–Crippen LogP) is -1.96. The van der Waals surface area contributed by atoms with Crippen molar-refractivity contribution in [3.05, 3.63) is 0 Å². The summed E-state index contributed by atoms with van der Waals surface area (Å²) in [5.41, 5.74) is 0. The molecule has 0 aromatic rings. The molecule has 6 heteroatoms. The summed E-state index contributed by atoms with van der Waals surface area (Å²) in [6.45, 7) is 4.10. The van der Waals surface area contributed by atoms with E-state index in [1.165, 1.54) is 0 Å². The van der Waals surface area contributed by atoms with E-state index in [9.17, 15) is 4.79 Å². The van der Waals surface area contributed by atoms with Gasteiger partial charge in [-0.3, -0.25) is 9.80 Å². The van der Waals surface area contributed by atoms with Gasteiger partial charge in [0.25, 0.3) is 0 Å². The summed E-state index contributed by atoms with van der Waals surface area (Å²) in [6.07, 6.45) is -1.30. The van der Waals surface area contributed by atoms with Crippen molar-refractivity contribution in [1.29, 1.82) is 0 Å². The van der Waals surface area contributed by atoms with Crippen molar-refractivity contribution < 1.29 is 20.1 Å². The Bertz CT molecular complexity index is 204. The van der Waals surface area contributed by atoms with Crippen LogP contribution in [0.1, 0.15) is 0 Å². The molecule has 1 aliphatic rings. The minimum atomic E-state index is -1.30. The lowest BCUT2D eigenvalue weighted by atomic mass is 10.2. The third-order valence-corrected chi connectivity index (χ3v) is 2.60. The Labute approximate surface area is 88.7 Å². The van der Waals surface area contributed by atoms with E-state index in [0.29, 0.717) is 6.54 Å². The van der Waals surface area contributed by atoms with Gasteiger partial charge in [0.05, 0.1) is 6.61 Å². The van der Waals surface area contributed by atoms with E-state index in [1.807, 2.05) is 4.90 Å². The van der Waals surface area contributed by atoms with E-state index in [2.05, 4.69) is 4.90 Å². The number of nitrogens with zero attached hydrogens (tertiary/aromatic N) is 2. The van der Waals surface area contributed by atoms with Crippen molar-refractivity contribution in [3.8, 4) is 0 Å². The molecule has 1 saturated heterocycles. The molecular formula is C9H18N2O4. The molecule has 0 bridgehead atoms. The fourth-order valence-corrected chi connectivity index (χ4v) is 1.66. The third kappa shape index (κ3) is 4.13. The smallest absolute Gasteiger partial charge is 0.333 e. The van der Waals surface area contributed by atoms with Gasteiger partial charge >= 0.3 is 5.97 Å². The summed E-state index contributed by atoms with van der Waals surface area (Å²) in [7, 11) is 0. The van der Waals surface area contributed by atoms with Gasteiger partial charge in [0.15, 0.2) is 6.10 Å². The molecule has 88 valence electrons. The monoisotopic (exact) mass is 218 g/mol. The van der Waals surface area contributed by atoms with Gasteiger partial charge in [-0.15, -0.1) is 0 Å². The van der Waals surface area contributed by atoms with E-state index in [4.69, 9.17) is 15.3 Å². The molecule has 1 aliphatic heterocycles. The summed E-state index contributed by atoms with van der Waals surface area (Å²) in [6, 6.07) is 0. The first-order chi connectivity index (χ1) is 7.13. The van der Waals surface area contributed by atoms with Crippen LogP contribution >= 0.6 is 0 Å². The number of carboxylic acids is 1. The van der Waals surface area contributed by atoms with Crippen LogP contribution in [-0.2, 0) is 4.79 Å². The largest absolute Gasteiger partial charge is 0.479 e. The zero-order valence-corrected chi connectivity index (χ0v) is 8.67. The van der Waals surface area contributed by atoms with Gasteiger partial charge in [-0.25, -0.2) is 4.79 Å². The molecule has 1 rings (SSSR count). The lowest BCUT2D eigenvalue weighted by Crippen LogP contribution is -2.50. The van der Waals surface area contributed by atoms with Crippen molar-refractivity contribution in [2.45, 2.75) is 6.10 Å². The van der Waals surface area contributed by atoms with Crippen molar-refractivity contribution in [3.63, 3.8) is 0 Å². The Morgan fingerprint density at radius 1 is 1.20 bits per heavy atom. The summed E-state index contributed by atoms with van der Waals surface area (Å²) in [5.74, 6) is -1.17. The van der Waals surface area contributed by atoms with Crippen molar-refractivity contribution in [1.82, 2.24) is 9.80 Å². The molecule has 15 heavy (non-hydrogen) atoms. The fraction of sp³-hybridized carbons (Fsp3) is 0.889. The Kier molecular flexibility index (Phi) is 4.97. The average Bonchev–Trinajstić information content (AvgIpc) is 2.21. The Morgan fingerprint density at radius 2 is 1.73 bits per heavy atom. The molecule has 0 amide bonds. The number of piperazine rings is 1. The molecule has 0 saturated carbocycles. The van der Waals surface area contributed by atoms with Gasteiger partial charge < -0.3 is 15.3 Å². The van der Waals surface area contributed by atoms with Crippen LogP contribution in [0.2, 0.25) is 0 Å². The second-order valence-electron chi connectivity index (χ2n) is 3.72. The van der Waals surface area contributed by atoms with E-state index in [-0.39, 0.29) is 13.2 Å². The molecule has 1 fully saturated rings. The van der Waals surface area contributed by atoms with Crippen LogP contribution in [0.25, 0.3) is 0 Å². The quantitative estimate of drug-likeness (QED) is 0.497. The lowest BCUT2D eigenvalue weighted by Gasteiger charge is -2.34. The number of carbonyl (C=O) groups is 1. The number of hydrogen-bond acceptors (Lipinski definition) is 5. The highest BCUT2D eigenvalue weighted by Gasteiger charge is 2.21. The van der Waals surface area contributed by atoms with Gasteiger partial charge in [-0.2, -0.15) is 0 Å². The van der Waals surface area contributed by atoms with Crippen LogP contribution in [0, 0.1) is 0 Å². The van der Waals surface area contributed by atoms with Crippen molar-refractivity contribution >= 4 is 5.97 Å². The van der Waals surface area contributed by atoms with Crippen LogP contribution in [-0.4, -0.2) is 83.1 Å². The number of carboxylic acid groups (broad SMARTS) is 1. The molecule has 0 aromatic heterocycles. The van der Waals surface area contributed by atoms with Crippen LogP contribution < -0.4 is 0 Å². The van der Waals surface area contributed by atoms with E-state index in [1.54, 1.807) is 0 Å². The zero-order valence-electron chi connectivity index (χ0n) is 8.67. The van der Waals surface area contributed by atoms with E-state index in [0.717, 1.165) is 26.2 Å². The molecule has 0 spiro atoms. The zero-order chi connectivity index (χ0) is 11.3. The van der Waals surface area contributed by atoms with Crippen LogP contribution in [0.3, 0.4) is 0 Å². The third-order valence-electron chi connectivity index (χ3n) is 2.60. The first-order valence-electron chi connectivity index (χ1n) is 5.10. The maximum absolute atomic E-state index is 10.4. The van der Waals surface area contributed by atoms with Gasteiger partial charge in [0.1, 0.15) is 0 Å². The summed E-state index contributed by atoms with van der Waals surface area (Å²) >= 11 is 0. The Hall–Kier alpha value is -0.690. The summed E-state index contributed by atoms with van der Waals surface area (Å²) < 4.78 is 0. The topological polar surface area (TPSA) is 84.2 Å². The van der Waals surface area contributed by atoms with Crippen molar-refractivity contribution in [2.75, 3.05) is 45.9 Å². The highest BCUT2D eigenvalue weighted by Crippen LogP contribution is 2.02. The van der Waals surface area contributed by atoms with Crippen LogP contribution in [0.15, 0.2) is 0 Å². The summed E-state index contributed by atoms with van der Waals surface area (Å²) in [4.78, 5) is 14.5. The number of aliphatic hydroxyl groups excluding tert-OH is 2. The minimum Gasteiger partial charge on any atom is -0.479 e. The Morgan fingerprint density at radius 3 is 2.20 bits per heavy atom. The maximum Gasteiger partial charge on any atom is 0.333 e. The Balaban J connectivity index is 2.22. The number of rotatable bonds is 5. The van der Waals surface area contributed by atoms with Crippen LogP contribution in [0.4, 0.5) is 0 Å². The number of hydrogen-bond donors (Lipinski definition) is 3. The first kappa shape index (κ1) is 12.4. The molecule has 3 N–H and O–H groups in total. The van der Waals surface area contributed by atoms with E-state index >= 15 is 0 Å². The molecule has 0 aliphatic carbocycles. The standard InChI is InChI=1S/C9H18N2O4/c12-6-5-10-1-3-11(4-2-10)7-8(13)9(14)15/h8,12-13H,1-7H2,(H,14,15). The van der Waals surface area contributed by atoms with E-state index < -0.39 is 12.1 Å². The molecule has 1 atom stereocenters. The number of aliphatic hydroxyl groups is 2.